The van der Waals surface area contributed by atoms with Crippen LogP contribution in [0.3, 0.4) is 0 Å². The number of nitrogens with zero attached hydrogens (tertiary/aromatic N) is 1. The Morgan fingerprint density at radius 1 is 0.383 bits per heavy atom. The first-order chi connectivity index (χ1) is 23.3. The van der Waals surface area contributed by atoms with Gasteiger partial charge in [0.25, 0.3) is 0 Å². The van der Waals surface area contributed by atoms with E-state index in [-0.39, 0.29) is 0 Å². The van der Waals surface area contributed by atoms with Gasteiger partial charge in [-0.2, -0.15) is 0 Å². The molecule has 10 aromatic rings. The summed E-state index contributed by atoms with van der Waals surface area (Å²) in [4.78, 5) is 2.39. The Bertz CT molecular complexity index is 2810. The number of hydrogen-bond donors (Lipinski definition) is 0. The van der Waals surface area contributed by atoms with Crippen LogP contribution in [0.15, 0.2) is 173 Å². The van der Waals surface area contributed by atoms with Crippen LogP contribution in [0, 0.1) is 0 Å². The van der Waals surface area contributed by atoms with Crippen molar-refractivity contribution < 1.29 is 8.83 Å². The molecule has 0 amide bonds. The van der Waals surface area contributed by atoms with E-state index in [2.05, 4.69) is 150 Å². The van der Waals surface area contributed by atoms with Gasteiger partial charge in [-0.25, -0.2) is 0 Å². The molecule has 0 aliphatic rings. The van der Waals surface area contributed by atoms with Crippen LogP contribution in [0.1, 0.15) is 0 Å². The minimum atomic E-state index is 0.847. The van der Waals surface area contributed by atoms with Crippen molar-refractivity contribution >= 4 is 82.5 Å². The van der Waals surface area contributed by atoms with Gasteiger partial charge in [-0.3, -0.25) is 0 Å². The highest BCUT2D eigenvalue weighted by Crippen LogP contribution is 2.50. The highest BCUT2D eigenvalue weighted by molar-refractivity contribution is 6.25. The fourth-order valence-corrected chi connectivity index (χ4v) is 7.32. The Hall–Kier alpha value is -6.32. The molecule has 0 N–H and O–H groups in total. The van der Waals surface area contributed by atoms with Crippen molar-refractivity contribution in [2.45, 2.75) is 0 Å². The Kier molecular flexibility index (Phi) is 5.57. The van der Waals surface area contributed by atoms with Gasteiger partial charge in [0.2, 0.25) is 0 Å². The molecule has 0 atom stereocenters. The maximum Gasteiger partial charge on any atom is 0.160 e. The van der Waals surface area contributed by atoms with E-state index in [1.165, 1.54) is 21.7 Å². The number of para-hydroxylation sites is 2. The van der Waals surface area contributed by atoms with Gasteiger partial charge in [-0.15, -0.1) is 0 Å². The molecule has 0 bridgehead atoms. The summed E-state index contributed by atoms with van der Waals surface area (Å²) in [5, 5.41) is 9.05. The average Bonchev–Trinajstić information content (AvgIpc) is 3.71. The number of fused-ring (bicyclic) bond motifs is 9. The normalized spacial score (nSPS) is 11.8. The zero-order valence-corrected chi connectivity index (χ0v) is 25.4. The van der Waals surface area contributed by atoms with Crippen molar-refractivity contribution in [2.75, 3.05) is 4.90 Å². The second-order valence-electron chi connectivity index (χ2n) is 12.1. The number of anilines is 3. The van der Waals surface area contributed by atoms with Gasteiger partial charge in [0.05, 0.1) is 16.8 Å². The lowest BCUT2D eigenvalue weighted by molar-refractivity contribution is 0.668. The zero-order chi connectivity index (χ0) is 30.9. The predicted molar refractivity (Wildman–Crippen MR) is 196 cm³/mol. The largest absolute Gasteiger partial charge is 0.456 e. The summed E-state index contributed by atoms with van der Waals surface area (Å²) in [5.74, 6) is 0. The molecule has 8 aromatic carbocycles. The molecule has 0 radical (unpaired) electrons. The fourth-order valence-electron chi connectivity index (χ4n) is 7.32. The van der Waals surface area contributed by atoms with E-state index in [0.717, 1.165) is 71.9 Å². The lowest BCUT2D eigenvalue weighted by Gasteiger charge is -2.28. The standard InChI is InChI=1S/C44H27NO2/c1-2-12-28(13-3-1)30-15-10-16-31(26-30)45(38-20-11-23-41-42(38)35-19-7-9-22-40(35)46-41)43-34-25-24-29-14-4-5-17-32(29)36(34)27-37-33-18-6-8-21-39(33)47-44(37)43/h1-27H. The van der Waals surface area contributed by atoms with E-state index < -0.39 is 0 Å². The Balaban J connectivity index is 1.40. The van der Waals surface area contributed by atoms with Crippen molar-refractivity contribution in [3.8, 4) is 11.1 Å². The lowest BCUT2D eigenvalue weighted by atomic mass is 9.96. The molecule has 47 heavy (non-hydrogen) atoms. The van der Waals surface area contributed by atoms with E-state index >= 15 is 0 Å². The molecule has 0 spiro atoms. The third-order valence-electron chi connectivity index (χ3n) is 9.42. The van der Waals surface area contributed by atoms with Gasteiger partial charge in [0.1, 0.15) is 16.7 Å². The number of hydrogen-bond acceptors (Lipinski definition) is 3. The summed E-state index contributed by atoms with van der Waals surface area (Å²) in [7, 11) is 0. The molecule has 3 heteroatoms. The maximum atomic E-state index is 6.86. The molecule has 220 valence electrons. The molecular formula is C44H27NO2. The minimum Gasteiger partial charge on any atom is -0.456 e. The van der Waals surface area contributed by atoms with Gasteiger partial charge in [-0.05, 0) is 69.8 Å². The van der Waals surface area contributed by atoms with E-state index in [9.17, 15) is 0 Å². The lowest BCUT2D eigenvalue weighted by Crippen LogP contribution is -2.11. The van der Waals surface area contributed by atoms with Crippen LogP contribution in [0.25, 0.3) is 76.5 Å². The summed E-state index contributed by atoms with van der Waals surface area (Å²) >= 11 is 0. The third-order valence-corrected chi connectivity index (χ3v) is 9.42. The molecule has 0 saturated heterocycles. The summed E-state index contributed by atoms with van der Waals surface area (Å²) in [6, 6.07) is 57.8. The van der Waals surface area contributed by atoms with Crippen molar-refractivity contribution in [3.63, 3.8) is 0 Å². The van der Waals surface area contributed by atoms with E-state index in [0.29, 0.717) is 0 Å². The Morgan fingerprint density at radius 3 is 1.94 bits per heavy atom. The van der Waals surface area contributed by atoms with Crippen LogP contribution in [0.2, 0.25) is 0 Å². The number of furan rings is 2. The van der Waals surface area contributed by atoms with Crippen LogP contribution in [-0.4, -0.2) is 0 Å². The Labute approximate surface area is 270 Å². The van der Waals surface area contributed by atoms with Crippen molar-refractivity contribution in [2.24, 2.45) is 0 Å². The monoisotopic (exact) mass is 601 g/mol. The first-order valence-electron chi connectivity index (χ1n) is 15.9. The summed E-state index contributed by atoms with van der Waals surface area (Å²) in [6.45, 7) is 0. The molecule has 3 nitrogen and oxygen atoms in total. The fraction of sp³-hybridized carbons (Fsp3) is 0. The van der Waals surface area contributed by atoms with Gasteiger partial charge >= 0.3 is 0 Å². The van der Waals surface area contributed by atoms with Crippen LogP contribution >= 0.6 is 0 Å². The van der Waals surface area contributed by atoms with E-state index in [4.69, 9.17) is 8.83 Å². The minimum absolute atomic E-state index is 0.847. The second kappa shape index (κ2) is 10.1. The smallest absolute Gasteiger partial charge is 0.160 e. The number of benzene rings is 8. The molecule has 2 aromatic heterocycles. The average molecular weight is 602 g/mol. The van der Waals surface area contributed by atoms with Crippen molar-refractivity contribution in [1.82, 2.24) is 0 Å². The zero-order valence-electron chi connectivity index (χ0n) is 25.4. The molecule has 0 aliphatic carbocycles. The van der Waals surface area contributed by atoms with Crippen LogP contribution < -0.4 is 4.90 Å². The molecule has 0 saturated carbocycles. The van der Waals surface area contributed by atoms with Crippen molar-refractivity contribution in [3.05, 3.63) is 164 Å². The highest BCUT2D eigenvalue weighted by Gasteiger charge is 2.26. The van der Waals surface area contributed by atoms with Gasteiger partial charge in [0, 0.05) is 27.2 Å². The predicted octanol–water partition coefficient (Wildman–Crippen LogP) is 12.9. The first-order valence-corrected chi connectivity index (χ1v) is 15.9. The molecular weight excluding hydrogens is 574 g/mol. The summed E-state index contributed by atoms with van der Waals surface area (Å²) in [5.41, 5.74) is 8.81. The van der Waals surface area contributed by atoms with Gasteiger partial charge < -0.3 is 13.7 Å². The van der Waals surface area contributed by atoms with Gasteiger partial charge in [-0.1, -0.05) is 121 Å². The maximum absolute atomic E-state index is 6.86. The summed E-state index contributed by atoms with van der Waals surface area (Å²) in [6.07, 6.45) is 0. The molecule has 2 heterocycles. The highest BCUT2D eigenvalue weighted by atomic mass is 16.3. The van der Waals surface area contributed by atoms with Crippen molar-refractivity contribution in [1.29, 1.82) is 0 Å². The molecule has 0 fully saturated rings. The van der Waals surface area contributed by atoms with E-state index in [1.807, 2.05) is 18.2 Å². The second-order valence-corrected chi connectivity index (χ2v) is 12.1. The molecule has 10 rings (SSSR count). The molecule has 0 aliphatic heterocycles. The van der Waals surface area contributed by atoms with Crippen LogP contribution in [0.4, 0.5) is 17.1 Å². The summed E-state index contributed by atoms with van der Waals surface area (Å²) < 4.78 is 13.3. The van der Waals surface area contributed by atoms with Crippen LogP contribution in [-0.2, 0) is 0 Å². The third kappa shape index (κ3) is 3.93. The first kappa shape index (κ1) is 26.0. The topological polar surface area (TPSA) is 29.5 Å². The van der Waals surface area contributed by atoms with E-state index in [1.54, 1.807) is 0 Å². The SMILES string of the molecule is c1ccc(-c2cccc(N(c3c4ccc5ccccc5c4cc4c3oc3ccccc34)c3cccc4oc5ccccc5c34)c2)cc1. The van der Waals surface area contributed by atoms with Crippen LogP contribution in [0.5, 0.6) is 0 Å². The molecule has 0 unspecified atom stereocenters. The Morgan fingerprint density at radius 2 is 1.06 bits per heavy atom. The van der Waals surface area contributed by atoms with Gasteiger partial charge in [0.15, 0.2) is 5.58 Å². The number of rotatable bonds is 4. The quantitative estimate of drug-likeness (QED) is 0.188.